The summed E-state index contributed by atoms with van der Waals surface area (Å²) in [7, 11) is 1.73. The molecule has 0 fully saturated rings. The molecule has 0 bridgehead atoms. The van der Waals surface area contributed by atoms with Crippen LogP contribution in [0.15, 0.2) is 29.8 Å². The van der Waals surface area contributed by atoms with Gasteiger partial charge < -0.3 is 10.1 Å². The Balaban J connectivity index is 2.10. The van der Waals surface area contributed by atoms with Gasteiger partial charge in [0.25, 0.3) is 0 Å². The summed E-state index contributed by atoms with van der Waals surface area (Å²) >= 11 is 1.75. The Morgan fingerprint density at radius 3 is 3.05 bits per heavy atom. The molecule has 0 amide bonds. The van der Waals surface area contributed by atoms with Crippen molar-refractivity contribution in [2.24, 2.45) is 0 Å². The zero-order chi connectivity index (χ0) is 14.7. The van der Waals surface area contributed by atoms with Crippen molar-refractivity contribution in [2.45, 2.75) is 38.1 Å². The minimum atomic E-state index is -0.121. The lowest BCUT2D eigenvalue weighted by Crippen LogP contribution is -2.46. The highest BCUT2D eigenvalue weighted by atomic mass is 32.1. The molecule has 1 aromatic heterocycles. The van der Waals surface area contributed by atoms with E-state index in [9.17, 15) is 0 Å². The van der Waals surface area contributed by atoms with Gasteiger partial charge in [0.2, 0.25) is 0 Å². The molecular formula is C17H22N2OS. The first-order valence-electron chi connectivity index (χ1n) is 7.62. The van der Waals surface area contributed by atoms with E-state index in [1.54, 1.807) is 18.4 Å². The molecule has 1 unspecified atom stereocenters. The minimum absolute atomic E-state index is 0.121. The van der Waals surface area contributed by atoms with E-state index in [2.05, 4.69) is 40.8 Å². The SMILES string of the molecule is CCCNC1(c2nccs2)CCCc2cc(OC)ccc21. The first kappa shape index (κ1) is 14.5. The lowest BCUT2D eigenvalue weighted by molar-refractivity contribution is 0.341. The molecule has 3 rings (SSSR count). The Morgan fingerprint density at radius 1 is 1.43 bits per heavy atom. The summed E-state index contributed by atoms with van der Waals surface area (Å²) in [5.74, 6) is 0.944. The minimum Gasteiger partial charge on any atom is -0.497 e. The molecule has 1 atom stereocenters. The summed E-state index contributed by atoms with van der Waals surface area (Å²) in [6.07, 6.45) is 6.44. The highest BCUT2D eigenvalue weighted by molar-refractivity contribution is 7.09. The highest BCUT2D eigenvalue weighted by Gasteiger charge is 2.39. The number of fused-ring (bicyclic) bond motifs is 1. The van der Waals surface area contributed by atoms with E-state index in [0.717, 1.165) is 31.6 Å². The van der Waals surface area contributed by atoms with Crippen LogP contribution in [0.5, 0.6) is 5.75 Å². The van der Waals surface area contributed by atoms with Crippen molar-refractivity contribution in [3.8, 4) is 5.75 Å². The first-order valence-corrected chi connectivity index (χ1v) is 8.50. The second-order valence-corrected chi connectivity index (χ2v) is 6.44. The van der Waals surface area contributed by atoms with Gasteiger partial charge in [0.15, 0.2) is 0 Å². The van der Waals surface area contributed by atoms with E-state index in [0.29, 0.717) is 0 Å². The van der Waals surface area contributed by atoms with E-state index < -0.39 is 0 Å². The fourth-order valence-corrected chi connectivity index (χ4v) is 4.11. The van der Waals surface area contributed by atoms with E-state index in [1.807, 2.05) is 6.20 Å². The molecular weight excluding hydrogens is 280 g/mol. The molecule has 1 aromatic carbocycles. The number of hydrogen-bond donors (Lipinski definition) is 1. The van der Waals surface area contributed by atoms with Crippen LogP contribution >= 0.6 is 11.3 Å². The average Bonchev–Trinajstić information content (AvgIpc) is 3.07. The molecule has 2 aromatic rings. The Kier molecular flexibility index (Phi) is 4.27. The molecule has 4 heteroatoms. The fraction of sp³-hybridized carbons (Fsp3) is 0.471. The number of nitrogens with one attached hydrogen (secondary N) is 1. The maximum atomic E-state index is 5.39. The largest absolute Gasteiger partial charge is 0.497 e. The summed E-state index contributed by atoms with van der Waals surface area (Å²) in [6, 6.07) is 6.47. The van der Waals surface area contributed by atoms with Gasteiger partial charge in [-0.1, -0.05) is 13.0 Å². The van der Waals surface area contributed by atoms with Crippen LogP contribution < -0.4 is 10.1 Å². The van der Waals surface area contributed by atoms with Crippen LogP contribution in [-0.4, -0.2) is 18.6 Å². The summed E-state index contributed by atoms with van der Waals surface area (Å²) in [4.78, 5) is 4.63. The highest BCUT2D eigenvalue weighted by Crippen LogP contribution is 2.42. The molecule has 0 radical (unpaired) electrons. The van der Waals surface area contributed by atoms with Gasteiger partial charge in [0.1, 0.15) is 10.8 Å². The van der Waals surface area contributed by atoms with Gasteiger partial charge in [-0.2, -0.15) is 0 Å². The van der Waals surface area contributed by atoms with Crippen molar-refractivity contribution in [3.05, 3.63) is 45.9 Å². The van der Waals surface area contributed by atoms with Crippen molar-refractivity contribution in [2.75, 3.05) is 13.7 Å². The quantitative estimate of drug-likeness (QED) is 0.914. The van der Waals surface area contributed by atoms with Gasteiger partial charge in [-0.15, -0.1) is 11.3 Å². The predicted octanol–water partition coefficient (Wildman–Crippen LogP) is 3.73. The van der Waals surface area contributed by atoms with Crippen LogP contribution in [0.25, 0.3) is 0 Å². The summed E-state index contributed by atoms with van der Waals surface area (Å²) in [5, 5.41) is 7.04. The number of hydrogen-bond acceptors (Lipinski definition) is 4. The molecule has 1 N–H and O–H groups in total. The van der Waals surface area contributed by atoms with Crippen molar-refractivity contribution >= 4 is 11.3 Å². The van der Waals surface area contributed by atoms with E-state index in [1.165, 1.54) is 22.6 Å². The molecule has 112 valence electrons. The van der Waals surface area contributed by atoms with Crippen molar-refractivity contribution in [1.82, 2.24) is 10.3 Å². The molecule has 0 saturated carbocycles. The fourth-order valence-electron chi connectivity index (χ4n) is 3.25. The lowest BCUT2D eigenvalue weighted by Gasteiger charge is -2.39. The molecule has 1 aliphatic carbocycles. The Bertz CT molecular complexity index is 597. The van der Waals surface area contributed by atoms with E-state index in [4.69, 9.17) is 4.74 Å². The summed E-state index contributed by atoms with van der Waals surface area (Å²) < 4.78 is 5.39. The molecule has 0 spiro atoms. The number of ether oxygens (including phenoxy) is 1. The third kappa shape index (κ3) is 2.58. The average molecular weight is 302 g/mol. The van der Waals surface area contributed by atoms with Crippen LogP contribution in [0.3, 0.4) is 0 Å². The van der Waals surface area contributed by atoms with Crippen LogP contribution in [0, 0.1) is 0 Å². The van der Waals surface area contributed by atoms with Gasteiger partial charge in [-0.25, -0.2) is 4.98 Å². The molecule has 0 aliphatic heterocycles. The van der Waals surface area contributed by atoms with Crippen LogP contribution in [0.2, 0.25) is 0 Å². The smallest absolute Gasteiger partial charge is 0.119 e. The summed E-state index contributed by atoms with van der Waals surface area (Å²) in [5.41, 5.74) is 2.64. The topological polar surface area (TPSA) is 34.2 Å². The number of aromatic nitrogens is 1. The second-order valence-electron chi connectivity index (χ2n) is 5.55. The van der Waals surface area contributed by atoms with Crippen molar-refractivity contribution < 1.29 is 4.74 Å². The van der Waals surface area contributed by atoms with E-state index >= 15 is 0 Å². The number of rotatable bonds is 5. The maximum absolute atomic E-state index is 5.39. The molecule has 21 heavy (non-hydrogen) atoms. The monoisotopic (exact) mass is 302 g/mol. The zero-order valence-corrected chi connectivity index (χ0v) is 13.5. The maximum Gasteiger partial charge on any atom is 0.119 e. The molecule has 1 heterocycles. The van der Waals surface area contributed by atoms with Gasteiger partial charge in [0, 0.05) is 11.6 Å². The van der Waals surface area contributed by atoms with Crippen molar-refractivity contribution in [1.29, 1.82) is 0 Å². The van der Waals surface area contributed by atoms with Gasteiger partial charge in [-0.05, 0) is 55.5 Å². The van der Waals surface area contributed by atoms with Gasteiger partial charge >= 0.3 is 0 Å². The van der Waals surface area contributed by atoms with Gasteiger partial charge in [-0.3, -0.25) is 0 Å². The Labute approximate surface area is 130 Å². The normalized spacial score (nSPS) is 21.0. The number of benzene rings is 1. The standard InChI is InChI=1S/C17H22N2OS/c1-3-9-19-17(16-18-10-11-21-16)8-4-5-13-12-14(20-2)6-7-15(13)17/h6-7,10-12,19H,3-5,8-9H2,1-2H3. The summed E-state index contributed by atoms with van der Waals surface area (Å²) in [6.45, 7) is 3.21. The third-order valence-electron chi connectivity index (χ3n) is 4.24. The van der Waals surface area contributed by atoms with Crippen LogP contribution in [0.4, 0.5) is 0 Å². The van der Waals surface area contributed by atoms with Crippen molar-refractivity contribution in [3.63, 3.8) is 0 Å². The first-order chi connectivity index (χ1) is 10.3. The number of aryl methyl sites for hydroxylation is 1. The zero-order valence-electron chi connectivity index (χ0n) is 12.7. The number of nitrogens with zero attached hydrogens (tertiary/aromatic N) is 1. The van der Waals surface area contributed by atoms with Gasteiger partial charge in [0.05, 0.1) is 12.6 Å². The number of thiazole rings is 1. The Hall–Kier alpha value is -1.39. The second kappa shape index (κ2) is 6.16. The Morgan fingerprint density at radius 2 is 2.33 bits per heavy atom. The third-order valence-corrected chi connectivity index (χ3v) is 5.18. The lowest BCUT2D eigenvalue weighted by atomic mass is 9.76. The van der Waals surface area contributed by atoms with E-state index in [-0.39, 0.29) is 5.54 Å². The number of methoxy groups -OCH3 is 1. The predicted molar refractivity (Wildman–Crippen MR) is 87.1 cm³/mol. The molecule has 3 nitrogen and oxygen atoms in total. The van der Waals surface area contributed by atoms with Crippen LogP contribution in [0.1, 0.15) is 42.3 Å². The molecule has 1 aliphatic rings. The van der Waals surface area contributed by atoms with Crippen LogP contribution in [-0.2, 0) is 12.0 Å². The molecule has 0 saturated heterocycles.